The van der Waals surface area contributed by atoms with Gasteiger partial charge in [0.05, 0.1) is 5.03 Å². The molecule has 0 heterocycles. The number of benzene rings is 1. The quantitative estimate of drug-likeness (QED) is 0.594. The van der Waals surface area contributed by atoms with Gasteiger partial charge in [-0.1, -0.05) is 78.4 Å². The van der Waals surface area contributed by atoms with Crippen LogP contribution in [0, 0.1) is 0 Å². The summed E-state index contributed by atoms with van der Waals surface area (Å²) in [5.41, 5.74) is 7.41. The molecule has 0 aromatic heterocycles. The Morgan fingerprint density at radius 2 is 1.65 bits per heavy atom. The van der Waals surface area contributed by atoms with E-state index in [1.165, 1.54) is 27.9 Å². The first-order valence-electron chi connectivity index (χ1n) is 6.79. The van der Waals surface area contributed by atoms with Crippen LogP contribution in [-0.2, 0) is 0 Å². The molecule has 20 heavy (non-hydrogen) atoms. The Morgan fingerprint density at radius 1 is 0.850 bits per heavy atom. The maximum atomic E-state index is 6.67. The SMILES string of the molecule is ClC1=C2C3=CC=CC=C(C=CC=C2c2ccccc21)C3. The Hall–Kier alpha value is -2.05. The van der Waals surface area contributed by atoms with E-state index in [9.17, 15) is 0 Å². The summed E-state index contributed by atoms with van der Waals surface area (Å²) < 4.78 is 0. The first-order valence-corrected chi connectivity index (χ1v) is 7.17. The maximum Gasteiger partial charge on any atom is 0.0566 e. The van der Waals surface area contributed by atoms with Gasteiger partial charge in [0.1, 0.15) is 0 Å². The van der Waals surface area contributed by atoms with E-state index in [4.69, 9.17) is 11.6 Å². The molecule has 1 aromatic rings. The lowest BCUT2D eigenvalue weighted by atomic mass is 9.90. The third-order valence-electron chi connectivity index (χ3n) is 3.95. The van der Waals surface area contributed by atoms with Crippen LogP contribution in [0.2, 0.25) is 0 Å². The predicted octanol–water partition coefficient (Wildman–Crippen LogP) is 5.42. The topological polar surface area (TPSA) is 0 Å². The highest BCUT2D eigenvalue weighted by atomic mass is 35.5. The lowest BCUT2D eigenvalue weighted by Gasteiger charge is -2.14. The van der Waals surface area contributed by atoms with Gasteiger partial charge in [0.2, 0.25) is 0 Å². The van der Waals surface area contributed by atoms with Crippen LogP contribution in [0.3, 0.4) is 0 Å². The van der Waals surface area contributed by atoms with E-state index in [1.807, 2.05) is 6.07 Å². The van der Waals surface area contributed by atoms with Gasteiger partial charge in [-0.3, -0.25) is 0 Å². The van der Waals surface area contributed by atoms with Gasteiger partial charge < -0.3 is 0 Å². The van der Waals surface area contributed by atoms with E-state index in [0.29, 0.717) is 0 Å². The van der Waals surface area contributed by atoms with Crippen LogP contribution in [0.5, 0.6) is 0 Å². The van der Waals surface area contributed by atoms with Gasteiger partial charge in [0, 0.05) is 11.1 Å². The highest BCUT2D eigenvalue weighted by Crippen LogP contribution is 2.48. The molecule has 1 heteroatoms. The fourth-order valence-corrected chi connectivity index (χ4v) is 3.41. The van der Waals surface area contributed by atoms with Gasteiger partial charge in [-0.15, -0.1) is 0 Å². The molecule has 1 aromatic carbocycles. The lowest BCUT2D eigenvalue weighted by molar-refractivity contribution is 1.19. The van der Waals surface area contributed by atoms with Crippen molar-refractivity contribution in [2.75, 3.05) is 0 Å². The Morgan fingerprint density at radius 3 is 2.55 bits per heavy atom. The van der Waals surface area contributed by atoms with Crippen molar-refractivity contribution >= 4 is 22.2 Å². The molecule has 0 unspecified atom stereocenters. The second kappa shape index (κ2) is 4.50. The molecule has 0 saturated heterocycles. The number of allylic oxidation sites excluding steroid dienone is 11. The third kappa shape index (κ3) is 1.69. The van der Waals surface area contributed by atoms with Gasteiger partial charge in [-0.2, -0.15) is 0 Å². The minimum atomic E-state index is 0.878. The average Bonchev–Trinajstić information content (AvgIpc) is 2.64. The summed E-state index contributed by atoms with van der Waals surface area (Å²) in [7, 11) is 0. The van der Waals surface area contributed by atoms with Gasteiger partial charge in [-0.05, 0) is 28.7 Å². The zero-order chi connectivity index (χ0) is 13.5. The van der Waals surface area contributed by atoms with Crippen molar-refractivity contribution in [3.05, 3.63) is 94.6 Å². The second-order valence-electron chi connectivity index (χ2n) is 5.17. The molecule has 2 bridgehead atoms. The first-order chi connectivity index (χ1) is 9.84. The van der Waals surface area contributed by atoms with E-state index in [-0.39, 0.29) is 0 Å². The molecule has 96 valence electrons. The zero-order valence-electron chi connectivity index (χ0n) is 10.9. The van der Waals surface area contributed by atoms with Crippen molar-refractivity contribution in [2.45, 2.75) is 6.42 Å². The standard InChI is InChI=1S/C19H13Cl/c20-19-17-10-4-3-9-15(17)16-11-5-7-13-6-1-2-8-14(12-13)18(16)19/h1-11H,12H2. The van der Waals surface area contributed by atoms with Crippen LogP contribution in [0.1, 0.15) is 17.5 Å². The minimum Gasteiger partial charge on any atom is -0.0830 e. The molecular weight excluding hydrogens is 264 g/mol. The van der Waals surface area contributed by atoms with E-state index >= 15 is 0 Å². The summed E-state index contributed by atoms with van der Waals surface area (Å²) >= 11 is 6.67. The lowest BCUT2D eigenvalue weighted by Crippen LogP contribution is -1.94. The first kappa shape index (κ1) is 11.7. The molecular formula is C19H13Cl. The second-order valence-corrected chi connectivity index (χ2v) is 5.55. The van der Waals surface area contributed by atoms with Crippen LogP contribution in [0.4, 0.5) is 0 Å². The highest BCUT2D eigenvalue weighted by Gasteiger charge is 2.27. The Bertz CT molecular complexity index is 780. The number of hydrogen-bond donors (Lipinski definition) is 0. The van der Waals surface area contributed by atoms with Crippen molar-refractivity contribution in [1.29, 1.82) is 0 Å². The smallest absolute Gasteiger partial charge is 0.0566 e. The zero-order valence-corrected chi connectivity index (χ0v) is 11.7. The number of rotatable bonds is 0. The van der Waals surface area contributed by atoms with Crippen molar-refractivity contribution in [2.24, 2.45) is 0 Å². The van der Waals surface area contributed by atoms with Crippen molar-refractivity contribution in [3.63, 3.8) is 0 Å². The van der Waals surface area contributed by atoms with E-state index < -0.39 is 0 Å². The monoisotopic (exact) mass is 276 g/mol. The maximum absolute atomic E-state index is 6.67. The van der Waals surface area contributed by atoms with Gasteiger partial charge in [0.15, 0.2) is 0 Å². The van der Waals surface area contributed by atoms with E-state index in [2.05, 4.69) is 60.7 Å². The highest BCUT2D eigenvalue weighted by molar-refractivity contribution is 6.52. The molecule has 0 saturated carbocycles. The molecule has 4 rings (SSSR count). The molecule has 0 fully saturated rings. The van der Waals surface area contributed by atoms with E-state index in [1.54, 1.807) is 0 Å². The molecule has 0 amide bonds. The number of hydrogen-bond acceptors (Lipinski definition) is 0. The third-order valence-corrected chi connectivity index (χ3v) is 4.34. The normalized spacial score (nSPS) is 19.4. The summed E-state index contributed by atoms with van der Waals surface area (Å²) in [5, 5.41) is 0.878. The van der Waals surface area contributed by atoms with Crippen molar-refractivity contribution in [3.8, 4) is 0 Å². The Kier molecular flexibility index (Phi) is 2.64. The average molecular weight is 277 g/mol. The van der Waals surface area contributed by atoms with Gasteiger partial charge >= 0.3 is 0 Å². The van der Waals surface area contributed by atoms with Crippen molar-refractivity contribution < 1.29 is 0 Å². The number of fused-ring (bicyclic) bond motifs is 6. The molecule has 3 aliphatic carbocycles. The summed E-state index contributed by atoms with van der Waals surface area (Å²) in [4.78, 5) is 0. The fourth-order valence-electron chi connectivity index (χ4n) is 3.03. The molecule has 3 aliphatic rings. The van der Waals surface area contributed by atoms with Crippen LogP contribution >= 0.6 is 11.6 Å². The Balaban J connectivity index is 2.02. The molecule has 0 atom stereocenters. The minimum absolute atomic E-state index is 0.878. The van der Waals surface area contributed by atoms with Gasteiger partial charge in [0.25, 0.3) is 0 Å². The largest absolute Gasteiger partial charge is 0.0830 e. The van der Waals surface area contributed by atoms with E-state index in [0.717, 1.165) is 17.0 Å². The molecule has 0 spiro atoms. The van der Waals surface area contributed by atoms with Crippen LogP contribution in [0.15, 0.2) is 83.5 Å². The van der Waals surface area contributed by atoms with Crippen molar-refractivity contribution in [1.82, 2.24) is 0 Å². The number of halogens is 1. The summed E-state index contributed by atoms with van der Waals surface area (Å²) in [6.45, 7) is 0. The molecule has 0 nitrogen and oxygen atoms in total. The summed E-state index contributed by atoms with van der Waals surface area (Å²) in [6.07, 6.45) is 15.9. The molecule has 0 N–H and O–H groups in total. The summed E-state index contributed by atoms with van der Waals surface area (Å²) in [6, 6.07) is 8.37. The fraction of sp³-hybridized carbons (Fsp3) is 0.0526. The Labute approximate surface area is 123 Å². The van der Waals surface area contributed by atoms with Crippen LogP contribution in [-0.4, -0.2) is 0 Å². The van der Waals surface area contributed by atoms with Crippen LogP contribution in [0.25, 0.3) is 10.6 Å². The summed E-state index contributed by atoms with van der Waals surface area (Å²) in [5.74, 6) is 0. The molecule has 0 radical (unpaired) electrons. The predicted molar refractivity (Wildman–Crippen MR) is 86.3 cm³/mol. The molecule has 0 aliphatic heterocycles. The van der Waals surface area contributed by atoms with Gasteiger partial charge in [-0.25, -0.2) is 0 Å². The van der Waals surface area contributed by atoms with Crippen LogP contribution < -0.4 is 0 Å².